The van der Waals surface area contributed by atoms with Gasteiger partial charge in [0.1, 0.15) is 5.92 Å². The number of hydrogen-bond acceptors (Lipinski definition) is 4. The molecule has 2 atom stereocenters. The van der Waals surface area contributed by atoms with E-state index < -0.39 is 29.2 Å². The van der Waals surface area contributed by atoms with Gasteiger partial charge in [0.2, 0.25) is 11.8 Å². The molecule has 0 saturated carbocycles. The van der Waals surface area contributed by atoms with Gasteiger partial charge >= 0.3 is 0 Å². The summed E-state index contributed by atoms with van der Waals surface area (Å²) in [6, 6.07) is 21.2. The molecule has 1 aliphatic heterocycles. The summed E-state index contributed by atoms with van der Waals surface area (Å²) in [6.07, 6.45) is 0. The van der Waals surface area contributed by atoms with Gasteiger partial charge in [0.15, 0.2) is 0 Å². The Morgan fingerprint density at radius 3 is 1.94 bits per heavy atom. The van der Waals surface area contributed by atoms with Crippen molar-refractivity contribution >= 4 is 33.4 Å². The van der Waals surface area contributed by atoms with Gasteiger partial charge in [0, 0.05) is 26.4 Å². The molecular weight excluding hydrogens is 460 g/mol. The second kappa shape index (κ2) is 6.11. The number of carbonyl (C=O) groups is 2. The molecule has 1 saturated heterocycles. The van der Waals surface area contributed by atoms with E-state index >= 15 is 0 Å². The van der Waals surface area contributed by atoms with E-state index in [4.69, 9.17) is 0 Å². The molecule has 4 aliphatic rings. The predicted octanol–water partition coefficient (Wildman–Crippen LogP) is 4.23. The fourth-order valence-electron chi connectivity index (χ4n) is 5.89. The molecule has 7 rings (SSSR count). The molecule has 2 bridgehead atoms. The van der Waals surface area contributed by atoms with Crippen molar-refractivity contribution in [2.24, 2.45) is 11.8 Å². The van der Waals surface area contributed by atoms with E-state index in [0.717, 1.165) is 20.5 Å². The van der Waals surface area contributed by atoms with Crippen molar-refractivity contribution in [2.45, 2.75) is 11.5 Å². The third-order valence-electron chi connectivity index (χ3n) is 6.95. The summed E-state index contributed by atoms with van der Waals surface area (Å²) in [6.45, 7) is 0. The number of benzene rings is 3. The first kappa shape index (κ1) is 18.4. The average Bonchev–Trinajstić information content (AvgIpc) is 3.05. The molecule has 0 N–H and O–H groups in total. The van der Waals surface area contributed by atoms with Gasteiger partial charge in [0.05, 0.1) is 11.6 Å². The third-order valence-corrected chi connectivity index (χ3v) is 7.47. The normalized spacial score (nSPS) is 27.6. The average molecular weight is 475 g/mol. The van der Waals surface area contributed by atoms with Gasteiger partial charge in [-0.05, 0) is 35.4 Å². The number of nitro groups is 1. The Labute approximate surface area is 185 Å². The molecule has 2 amide bonds. The first-order valence-electron chi connectivity index (χ1n) is 9.94. The lowest BCUT2D eigenvalue weighted by molar-refractivity contribution is -0.578. The summed E-state index contributed by atoms with van der Waals surface area (Å²) in [5.74, 6) is -3.18. The van der Waals surface area contributed by atoms with E-state index in [9.17, 15) is 19.7 Å². The number of amides is 2. The topological polar surface area (TPSA) is 80.5 Å². The minimum Gasteiger partial charge on any atom is -0.274 e. The molecule has 3 aromatic carbocycles. The molecule has 152 valence electrons. The molecular formula is C24H15BrN2O4. The second-order valence-electron chi connectivity index (χ2n) is 8.17. The zero-order valence-electron chi connectivity index (χ0n) is 16.1. The summed E-state index contributed by atoms with van der Waals surface area (Å²) < 4.78 is 0.814. The van der Waals surface area contributed by atoms with Crippen LogP contribution in [0.1, 0.15) is 28.2 Å². The number of carbonyl (C=O) groups excluding carboxylic acids is 2. The van der Waals surface area contributed by atoms with Crippen LogP contribution in [0.5, 0.6) is 0 Å². The number of rotatable bonds is 2. The maximum atomic E-state index is 13.7. The lowest BCUT2D eigenvalue weighted by Crippen LogP contribution is -2.57. The van der Waals surface area contributed by atoms with Crippen molar-refractivity contribution in [3.63, 3.8) is 0 Å². The first-order chi connectivity index (χ1) is 15.0. The zero-order valence-corrected chi connectivity index (χ0v) is 17.7. The maximum Gasteiger partial charge on any atom is 0.285 e. The summed E-state index contributed by atoms with van der Waals surface area (Å²) in [7, 11) is 0. The van der Waals surface area contributed by atoms with Crippen molar-refractivity contribution in [1.29, 1.82) is 0 Å². The molecule has 0 radical (unpaired) electrons. The third kappa shape index (κ3) is 2.07. The number of anilines is 1. The van der Waals surface area contributed by atoms with Crippen molar-refractivity contribution in [3.05, 3.63) is 110 Å². The van der Waals surface area contributed by atoms with Crippen molar-refractivity contribution in [1.82, 2.24) is 0 Å². The van der Waals surface area contributed by atoms with Crippen LogP contribution < -0.4 is 4.90 Å². The summed E-state index contributed by atoms with van der Waals surface area (Å²) in [5.41, 5.74) is 1.20. The SMILES string of the molecule is O=C1C2C3c4ccccc4C([N+](=O)[O-])(c4ccccc43)C2C(=O)N1c1ccc(Br)cc1. The first-order valence-corrected chi connectivity index (χ1v) is 10.7. The van der Waals surface area contributed by atoms with E-state index in [-0.39, 0.29) is 10.8 Å². The van der Waals surface area contributed by atoms with Gasteiger partial charge in [-0.1, -0.05) is 64.5 Å². The maximum absolute atomic E-state index is 13.7. The molecule has 3 aromatic rings. The van der Waals surface area contributed by atoms with Crippen LogP contribution in [-0.4, -0.2) is 16.7 Å². The highest BCUT2D eigenvalue weighted by molar-refractivity contribution is 9.10. The second-order valence-corrected chi connectivity index (χ2v) is 9.08. The van der Waals surface area contributed by atoms with Crippen LogP contribution in [0.2, 0.25) is 0 Å². The Balaban J connectivity index is 1.67. The molecule has 6 nitrogen and oxygen atoms in total. The van der Waals surface area contributed by atoms with E-state index in [1.807, 2.05) is 24.3 Å². The van der Waals surface area contributed by atoms with Crippen LogP contribution in [0, 0.1) is 22.0 Å². The van der Waals surface area contributed by atoms with Gasteiger partial charge < -0.3 is 0 Å². The fraction of sp³-hybridized carbons (Fsp3) is 0.167. The van der Waals surface area contributed by atoms with Crippen LogP contribution in [0.3, 0.4) is 0 Å². The highest BCUT2D eigenvalue weighted by Crippen LogP contribution is 2.64. The van der Waals surface area contributed by atoms with Gasteiger partial charge in [0.25, 0.3) is 5.54 Å². The molecule has 31 heavy (non-hydrogen) atoms. The minimum absolute atomic E-state index is 0.353. The number of hydrogen-bond donors (Lipinski definition) is 0. The van der Waals surface area contributed by atoms with E-state index in [1.165, 1.54) is 0 Å². The number of imide groups is 1. The standard InChI is InChI=1S/C24H15BrN2O4/c25-13-9-11-14(12-10-13)26-22(28)20-19-15-5-1-3-7-17(15)24(27(30)31,21(20)23(26)29)18-8-4-2-6-16(18)19/h1-12,19-21H. The van der Waals surface area contributed by atoms with Crippen molar-refractivity contribution < 1.29 is 14.5 Å². The molecule has 1 fully saturated rings. The zero-order chi connectivity index (χ0) is 21.5. The van der Waals surface area contributed by atoms with Gasteiger partial charge in [-0.15, -0.1) is 0 Å². The number of halogens is 1. The van der Waals surface area contributed by atoms with Gasteiger partial charge in [-0.2, -0.15) is 0 Å². The van der Waals surface area contributed by atoms with Crippen LogP contribution in [0.25, 0.3) is 0 Å². The van der Waals surface area contributed by atoms with E-state index in [0.29, 0.717) is 16.8 Å². The van der Waals surface area contributed by atoms with Gasteiger partial charge in [-0.25, -0.2) is 4.90 Å². The highest BCUT2D eigenvalue weighted by atomic mass is 79.9. The Kier molecular flexibility index (Phi) is 3.63. The van der Waals surface area contributed by atoms with Crippen LogP contribution in [-0.2, 0) is 15.1 Å². The fourth-order valence-corrected chi connectivity index (χ4v) is 6.15. The Morgan fingerprint density at radius 2 is 1.39 bits per heavy atom. The largest absolute Gasteiger partial charge is 0.285 e. The van der Waals surface area contributed by atoms with Gasteiger partial charge in [-0.3, -0.25) is 19.7 Å². The smallest absolute Gasteiger partial charge is 0.274 e. The molecule has 3 aliphatic carbocycles. The Morgan fingerprint density at radius 1 is 0.839 bits per heavy atom. The summed E-state index contributed by atoms with van der Waals surface area (Å²) in [4.78, 5) is 41.1. The molecule has 2 unspecified atom stereocenters. The molecule has 0 spiro atoms. The van der Waals surface area contributed by atoms with Crippen molar-refractivity contribution in [3.8, 4) is 0 Å². The predicted molar refractivity (Wildman–Crippen MR) is 116 cm³/mol. The lowest BCUT2D eigenvalue weighted by atomic mass is 9.51. The molecule has 7 heteroatoms. The summed E-state index contributed by atoms with van der Waals surface area (Å²) >= 11 is 3.36. The Hall–Kier alpha value is -3.32. The van der Waals surface area contributed by atoms with Crippen LogP contribution >= 0.6 is 15.9 Å². The van der Waals surface area contributed by atoms with Crippen molar-refractivity contribution in [2.75, 3.05) is 4.90 Å². The minimum atomic E-state index is -1.79. The lowest BCUT2D eigenvalue weighted by Gasteiger charge is -2.48. The Bertz CT molecular complexity index is 1260. The number of nitrogens with zero attached hydrogens (tertiary/aromatic N) is 2. The quantitative estimate of drug-likeness (QED) is 0.316. The molecule has 0 aromatic heterocycles. The van der Waals surface area contributed by atoms with Crippen LogP contribution in [0.15, 0.2) is 77.3 Å². The summed E-state index contributed by atoms with van der Waals surface area (Å²) in [5, 5.41) is 12.9. The monoisotopic (exact) mass is 474 g/mol. The highest BCUT2D eigenvalue weighted by Gasteiger charge is 2.74. The van der Waals surface area contributed by atoms with Crippen LogP contribution in [0.4, 0.5) is 5.69 Å². The molecule has 1 heterocycles. The van der Waals surface area contributed by atoms with E-state index in [2.05, 4.69) is 15.9 Å². The van der Waals surface area contributed by atoms with E-state index in [1.54, 1.807) is 48.5 Å².